The summed E-state index contributed by atoms with van der Waals surface area (Å²) < 4.78 is 5.30. The number of anilines is 1. The SMILES string of the molecule is CCOCCCNc1cc(C)c2ccc(Cl)cc2n1. The molecule has 0 amide bonds. The lowest BCUT2D eigenvalue weighted by molar-refractivity contribution is 0.147. The second-order valence-corrected chi connectivity index (χ2v) is 4.90. The monoisotopic (exact) mass is 278 g/mol. The second kappa shape index (κ2) is 6.73. The number of aromatic nitrogens is 1. The standard InChI is InChI=1S/C15H19ClN2O/c1-3-19-8-4-7-17-15-9-11(2)13-6-5-12(16)10-14(13)18-15/h5-6,9-10H,3-4,7-8H2,1-2H3,(H,17,18). The van der Waals surface area contributed by atoms with Crippen LogP contribution in [0.2, 0.25) is 5.02 Å². The minimum atomic E-state index is 0.716. The predicted molar refractivity (Wildman–Crippen MR) is 81.1 cm³/mol. The number of nitrogens with one attached hydrogen (secondary N) is 1. The van der Waals surface area contributed by atoms with Crippen LogP contribution < -0.4 is 5.32 Å². The molecule has 102 valence electrons. The number of nitrogens with zero attached hydrogens (tertiary/aromatic N) is 1. The Kier molecular flexibility index (Phi) is 5.00. The molecule has 1 aromatic carbocycles. The molecular formula is C15H19ClN2O. The molecule has 0 aliphatic heterocycles. The molecule has 0 spiro atoms. The number of ether oxygens (including phenoxy) is 1. The minimum absolute atomic E-state index is 0.716. The van der Waals surface area contributed by atoms with Crippen molar-refractivity contribution < 1.29 is 4.74 Å². The summed E-state index contributed by atoms with van der Waals surface area (Å²) in [6.45, 7) is 6.50. The first-order valence-electron chi connectivity index (χ1n) is 6.59. The average molecular weight is 279 g/mol. The summed E-state index contributed by atoms with van der Waals surface area (Å²) in [7, 11) is 0. The van der Waals surface area contributed by atoms with Gasteiger partial charge in [0.1, 0.15) is 5.82 Å². The maximum absolute atomic E-state index is 6.01. The van der Waals surface area contributed by atoms with Crippen LogP contribution in [0.5, 0.6) is 0 Å². The van der Waals surface area contributed by atoms with Crippen molar-refractivity contribution in [3.8, 4) is 0 Å². The summed E-state index contributed by atoms with van der Waals surface area (Å²) in [5, 5.41) is 5.18. The van der Waals surface area contributed by atoms with E-state index in [0.29, 0.717) is 5.02 Å². The van der Waals surface area contributed by atoms with Gasteiger partial charge in [-0.1, -0.05) is 17.7 Å². The van der Waals surface area contributed by atoms with Crippen LogP contribution in [0.1, 0.15) is 18.9 Å². The summed E-state index contributed by atoms with van der Waals surface area (Å²) in [5.41, 5.74) is 2.13. The van der Waals surface area contributed by atoms with Gasteiger partial charge in [0.2, 0.25) is 0 Å². The highest BCUT2D eigenvalue weighted by Gasteiger charge is 2.03. The lowest BCUT2D eigenvalue weighted by Crippen LogP contribution is -2.07. The summed E-state index contributed by atoms with van der Waals surface area (Å²) in [6.07, 6.45) is 0.974. The highest BCUT2D eigenvalue weighted by molar-refractivity contribution is 6.31. The van der Waals surface area contributed by atoms with Gasteiger partial charge in [-0.05, 0) is 44.0 Å². The zero-order valence-electron chi connectivity index (χ0n) is 11.4. The fourth-order valence-electron chi connectivity index (χ4n) is 2.00. The Balaban J connectivity index is 2.07. The van der Waals surface area contributed by atoms with E-state index < -0.39 is 0 Å². The first kappa shape index (κ1) is 14.1. The van der Waals surface area contributed by atoms with Crippen LogP contribution in [0.25, 0.3) is 10.9 Å². The molecule has 4 heteroatoms. The molecule has 1 aromatic heterocycles. The Labute approximate surface area is 118 Å². The zero-order valence-corrected chi connectivity index (χ0v) is 12.1. The van der Waals surface area contributed by atoms with E-state index in [1.54, 1.807) is 0 Å². The highest BCUT2D eigenvalue weighted by Crippen LogP contribution is 2.23. The molecule has 1 heterocycles. The average Bonchev–Trinajstić information content (AvgIpc) is 2.38. The van der Waals surface area contributed by atoms with E-state index in [0.717, 1.165) is 42.9 Å². The van der Waals surface area contributed by atoms with Crippen molar-refractivity contribution in [3.63, 3.8) is 0 Å². The van der Waals surface area contributed by atoms with Gasteiger partial charge in [0.25, 0.3) is 0 Å². The quantitative estimate of drug-likeness (QED) is 0.810. The Morgan fingerprint density at radius 1 is 1.32 bits per heavy atom. The number of benzene rings is 1. The van der Waals surface area contributed by atoms with Gasteiger partial charge in [-0.25, -0.2) is 4.98 Å². The number of rotatable bonds is 6. The third-order valence-corrected chi connectivity index (χ3v) is 3.19. The molecule has 2 aromatic rings. The van der Waals surface area contributed by atoms with Crippen LogP contribution in [-0.4, -0.2) is 24.7 Å². The predicted octanol–water partition coefficient (Wildman–Crippen LogP) is 4.04. The molecule has 0 bridgehead atoms. The Morgan fingerprint density at radius 2 is 2.16 bits per heavy atom. The van der Waals surface area contributed by atoms with Crippen molar-refractivity contribution in [1.29, 1.82) is 0 Å². The molecule has 2 rings (SSSR count). The number of hydrogen-bond acceptors (Lipinski definition) is 3. The van der Waals surface area contributed by atoms with Crippen LogP contribution >= 0.6 is 11.6 Å². The van der Waals surface area contributed by atoms with Crippen molar-refractivity contribution in [2.24, 2.45) is 0 Å². The fourth-order valence-corrected chi connectivity index (χ4v) is 2.17. The largest absolute Gasteiger partial charge is 0.382 e. The number of pyridine rings is 1. The first-order valence-corrected chi connectivity index (χ1v) is 6.97. The number of fused-ring (bicyclic) bond motifs is 1. The van der Waals surface area contributed by atoms with E-state index in [9.17, 15) is 0 Å². The molecular weight excluding hydrogens is 260 g/mol. The van der Waals surface area contributed by atoms with Crippen LogP contribution in [0, 0.1) is 6.92 Å². The topological polar surface area (TPSA) is 34.1 Å². The third-order valence-electron chi connectivity index (χ3n) is 2.95. The smallest absolute Gasteiger partial charge is 0.126 e. The third kappa shape index (κ3) is 3.82. The van der Waals surface area contributed by atoms with Gasteiger partial charge < -0.3 is 10.1 Å². The molecule has 0 saturated carbocycles. The number of hydrogen-bond donors (Lipinski definition) is 1. The Morgan fingerprint density at radius 3 is 2.95 bits per heavy atom. The molecule has 3 nitrogen and oxygen atoms in total. The van der Waals surface area contributed by atoms with Crippen LogP contribution in [-0.2, 0) is 4.74 Å². The van der Waals surface area contributed by atoms with Crippen molar-refractivity contribution in [2.75, 3.05) is 25.1 Å². The van der Waals surface area contributed by atoms with Gasteiger partial charge in [0.05, 0.1) is 5.52 Å². The summed E-state index contributed by atoms with van der Waals surface area (Å²) in [6, 6.07) is 7.87. The molecule has 1 N–H and O–H groups in total. The molecule has 19 heavy (non-hydrogen) atoms. The molecule has 0 saturated heterocycles. The van der Waals surface area contributed by atoms with Gasteiger partial charge >= 0.3 is 0 Å². The van der Waals surface area contributed by atoms with Crippen LogP contribution in [0.4, 0.5) is 5.82 Å². The Bertz CT molecular complexity index is 557. The highest BCUT2D eigenvalue weighted by atomic mass is 35.5. The van der Waals surface area contributed by atoms with Gasteiger partial charge in [-0.2, -0.15) is 0 Å². The lowest BCUT2D eigenvalue weighted by atomic mass is 10.1. The van der Waals surface area contributed by atoms with E-state index >= 15 is 0 Å². The fraction of sp³-hybridized carbons (Fsp3) is 0.400. The van der Waals surface area contributed by atoms with E-state index in [1.165, 1.54) is 5.56 Å². The summed E-state index contributed by atoms with van der Waals surface area (Å²) >= 11 is 6.01. The minimum Gasteiger partial charge on any atom is -0.382 e. The molecule has 0 aliphatic carbocycles. The normalized spacial score (nSPS) is 10.9. The van der Waals surface area contributed by atoms with Gasteiger partial charge in [0.15, 0.2) is 0 Å². The Hall–Kier alpha value is -1.32. The van der Waals surface area contributed by atoms with Crippen molar-refractivity contribution in [3.05, 3.63) is 34.9 Å². The lowest BCUT2D eigenvalue weighted by Gasteiger charge is -2.09. The summed E-state index contributed by atoms with van der Waals surface area (Å²) in [5.74, 6) is 0.892. The number of halogens is 1. The van der Waals surface area contributed by atoms with Crippen molar-refractivity contribution >= 4 is 28.3 Å². The van der Waals surface area contributed by atoms with E-state index in [2.05, 4.69) is 23.3 Å². The maximum Gasteiger partial charge on any atom is 0.126 e. The molecule has 0 radical (unpaired) electrons. The van der Waals surface area contributed by atoms with Crippen molar-refractivity contribution in [1.82, 2.24) is 4.98 Å². The van der Waals surface area contributed by atoms with E-state index in [4.69, 9.17) is 16.3 Å². The van der Waals surface area contributed by atoms with Gasteiger partial charge in [-0.3, -0.25) is 0 Å². The first-order chi connectivity index (χ1) is 9.20. The molecule has 0 atom stereocenters. The molecule has 0 aliphatic rings. The maximum atomic E-state index is 6.01. The second-order valence-electron chi connectivity index (χ2n) is 4.46. The van der Waals surface area contributed by atoms with Gasteiger partial charge in [0, 0.05) is 30.2 Å². The zero-order chi connectivity index (χ0) is 13.7. The van der Waals surface area contributed by atoms with Gasteiger partial charge in [-0.15, -0.1) is 0 Å². The van der Waals surface area contributed by atoms with E-state index in [1.807, 2.05) is 25.1 Å². The van der Waals surface area contributed by atoms with E-state index in [-0.39, 0.29) is 0 Å². The van der Waals surface area contributed by atoms with Crippen molar-refractivity contribution in [2.45, 2.75) is 20.3 Å². The van der Waals surface area contributed by atoms with Crippen LogP contribution in [0.15, 0.2) is 24.3 Å². The molecule has 0 unspecified atom stereocenters. The number of aryl methyl sites for hydroxylation is 1. The molecule has 0 fully saturated rings. The summed E-state index contributed by atoms with van der Waals surface area (Å²) in [4.78, 5) is 4.58. The van der Waals surface area contributed by atoms with Crippen LogP contribution in [0.3, 0.4) is 0 Å².